The van der Waals surface area contributed by atoms with Crippen molar-refractivity contribution in [1.29, 1.82) is 0 Å². The Balaban J connectivity index is 1.31. The van der Waals surface area contributed by atoms with E-state index >= 15 is 0 Å². The van der Waals surface area contributed by atoms with Crippen LogP contribution in [0.3, 0.4) is 0 Å². The SMILES string of the molecule is CN1CC2(CN(C(=O)c3cccc(O)c3)C2)OC[C@H]1C(=O)NC1CCCC1. The fraction of sp³-hybridized carbons (Fsp3) is 0.600. The van der Waals surface area contributed by atoms with Gasteiger partial charge in [0.05, 0.1) is 19.7 Å². The number of nitrogens with zero attached hydrogens (tertiary/aromatic N) is 2. The first-order chi connectivity index (χ1) is 13.0. The predicted octanol–water partition coefficient (Wildman–Crippen LogP) is 0.976. The lowest BCUT2D eigenvalue weighted by Crippen LogP contribution is -2.73. The fourth-order valence-electron chi connectivity index (χ4n) is 4.44. The lowest BCUT2D eigenvalue weighted by molar-refractivity contribution is -0.187. The van der Waals surface area contributed by atoms with Crippen LogP contribution in [0.4, 0.5) is 0 Å². The van der Waals surface area contributed by atoms with E-state index in [4.69, 9.17) is 4.74 Å². The van der Waals surface area contributed by atoms with E-state index in [2.05, 4.69) is 5.32 Å². The van der Waals surface area contributed by atoms with Crippen LogP contribution in [0.2, 0.25) is 0 Å². The summed E-state index contributed by atoms with van der Waals surface area (Å²) < 4.78 is 6.06. The van der Waals surface area contributed by atoms with E-state index in [0.29, 0.717) is 37.8 Å². The van der Waals surface area contributed by atoms with Crippen molar-refractivity contribution in [1.82, 2.24) is 15.1 Å². The number of rotatable bonds is 3. The van der Waals surface area contributed by atoms with Gasteiger partial charge in [0.2, 0.25) is 5.91 Å². The van der Waals surface area contributed by atoms with Crippen LogP contribution in [0.1, 0.15) is 36.0 Å². The topological polar surface area (TPSA) is 82.1 Å². The van der Waals surface area contributed by atoms with Crippen molar-refractivity contribution in [2.45, 2.75) is 43.4 Å². The molecule has 0 bridgehead atoms. The number of hydrogen-bond acceptors (Lipinski definition) is 5. The fourth-order valence-corrected chi connectivity index (χ4v) is 4.44. The van der Waals surface area contributed by atoms with Gasteiger partial charge in [0, 0.05) is 18.2 Å². The Hall–Kier alpha value is -2.12. The number of morpholine rings is 1. The van der Waals surface area contributed by atoms with E-state index in [0.717, 1.165) is 12.8 Å². The predicted molar refractivity (Wildman–Crippen MR) is 99.5 cm³/mol. The number of likely N-dealkylation sites (N-methyl/N-ethyl adjacent to an activating group) is 1. The normalized spacial score (nSPS) is 25.4. The van der Waals surface area contributed by atoms with Gasteiger partial charge in [0.15, 0.2) is 0 Å². The first kappa shape index (κ1) is 18.3. The monoisotopic (exact) mass is 373 g/mol. The molecule has 1 spiro atoms. The minimum absolute atomic E-state index is 0.0475. The van der Waals surface area contributed by atoms with Crippen molar-refractivity contribution in [3.05, 3.63) is 29.8 Å². The molecule has 1 saturated carbocycles. The zero-order valence-electron chi connectivity index (χ0n) is 15.7. The highest BCUT2D eigenvalue weighted by molar-refractivity contribution is 5.95. The number of carbonyl (C=O) groups is 2. The molecule has 146 valence electrons. The second-order valence-corrected chi connectivity index (χ2v) is 8.13. The first-order valence-corrected chi connectivity index (χ1v) is 9.69. The highest BCUT2D eigenvalue weighted by Gasteiger charge is 2.51. The number of ether oxygens (including phenoxy) is 1. The number of phenols is 1. The Bertz CT molecular complexity index is 726. The van der Waals surface area contributed by atoms with Crippen LogP contribution in [-0.4, -0.2) is 77.7 Å². The van der Waals surface area contributed by atoms with E-state index in [-0.39, 0.29) is 23.6 Å². The van der Waals surface area contributed by atoms with Crippen molar-refractivity contribution >= 4 is 11.8 Å². The van der Waals surface area contributed by atoms with E-state index < -0.39 is 5.60 Å². The highest BCUT2D eigenvalue weighted by Crippen LogP contribution is 2.32. The first-order valence-electron chi connectivity index (χ1n) is 9.69. The molecule has 1 aromatic carbocycles. The summed E-state index contributed by atoms with van der Waals surface area (Å²) in [6, 6.07) is 6.42. The van der Waals surface area contributed by atoms with Gasteiger partial charge in [-0.15, -0.1) is 0 Å². The van der Waals surface area contributed by atoms with Crippen molar-refractivity contribution in [2.75, 3.05) is 33.3 Å². The van der Waals surface area contributed by atoms with Gasteiger partial charge in [-0.2, -0.15) is 0 Å². The summed E-state index contributed by atoms with van der Waals surface area (Å²) in [6.07, 6.45) is 4.51. The molecule has 1 aliphatic carbocycles. The van der Waals surface area contributed by atoms with Crippen LogP contribution >= 0.6 is 0 Å². The number of hydrogen-bond donors (Lipinski definition) is 2. The molecule has 2 aliphatic heterocycles. The summed E-state index contributed by atoms with van der Waals surface area (Å²) in [5, 5.41) is 12.7. The lowest BCUT2D eigenvalue weighted by Gasteiger charge is -2.54. The highest BCUT2D eigenvalue weighted by atomic mass is 16.5. The molecule has 2 N–H and O–H groups in total. The molecule has 27 heavy (non-hydrogen) atoms. The van der Waals surface area contributed by atoms with Gasteiger partial charge in [-0.05, 0) is 38.1 Å². The third-order valence-electron chi connectivity index (χ3n) is 5.96. The zero-order valence-corrected chi connectivity index (χ0v) is 15.7. The summed E-state index contributed by atoms with van der Waals surface area (Å²) in [5.74, 6) is 0.0241. The number of benzene rings is 1. The Morgan fingerprint density at radius 1 is 1.22 bits per heavy atom. The summed E-state index contributed by atoms with van der Waals surface area (Å²) >= 11 is 0. The van der Waals surface area contributed by atoms with Gasteiger partial charge in [-0.1, -0.05) is 18.9 Å². The number of likely N-dealkylation sites (tertiary alicyclic amines) is 1. The van der Waals surface area contributed by atoms with Gasteiger partial charge >= 0.3 is 0 Å². The molecule has 4 rings (SSSR count). The van der Waals surface area contributed by atoms with Crippen LogP contribution in [0.5, 0.6) is 5.75 Å². The molecule has 3 aliphatic rings. The van der Waals surface area contributed by atoms with Gasteiger partial charge in [0.25, 0.3) is 5.91 Å². The quantitative estimate of drug-likeness (QED) is 0.825. The maximum atomic E-state index is 12.6. The van der Waals surface area contributed by atoms with Crippen molar-refractivity contribution < 1.29 is 19.4 Å². The number of amides is 2. The maximum Gasteiger partial charge on any atom is 0.254 e. The van der Waals surface area contributed by atoms with Crippen molar-refractivity contribution in [3.63, 3.8) is 0 Å². The molecule has 7 heteroatoms. The third-order valence-corrected chi connectivity index (χ3v) is 5.96. The Kier molecular flexibility index (Phi) is 4.82. The standard InChI is InChI=1S/C20H27N3O4/c1-22-11-20(27-10-17(22)18(25)21-15-6-2-3-7-15)12-23(13-20)19(26)14-5-4-8-16(24)9-14/h4-5,8-9,15,17,24H,2-3,6-7,10-13H2,1H3,(H,21,25)/t17-/m0/s1. The average Bonchev–Trinajstić information content (AvgIpc) is 3.11. The molecule has 2 heterocycles. The van der Waals surface area contributed by atoms with Crippen LogP contribution < -0.4 is 5.32 Å². The molecular weight excluding hydrogens is 346 g/mol. The molecule has 0 radical (unpaired) electrons. The Morgan fingerprint density at radius 2 is 1.96 bits per heavy atom. The van der Waals surface area contributed by atoms with Gasteiger partial charge in [-0.25, -0.2) is 0 Å². The largest absolute Gasteiger partial charge is 0.508 e. The summed E-state index contributed by atoms with van der Waals surface area (Å²) in [4.78, 5) is 28.9. The number of aromatic hydroxyl groups is 1. The molecule has 0 aromatic heterocycles. The minimum atomic E-state index is -0.397. The average molecular weight is 373 g/mol. The van der Waals surface area contributed by atoms with E-state index in [1.165, 1.54) is 18.9 Å². The Morgan fingerprint density at radius 3 is 2.63 bits per heavy atom. The van der Waals surface area contributed by atoms with Crippen molar-refractivity contribution in [3.8, 4) is 5.75 Å². The van der Waals surface area contributed by atoms with Crippen LogP contribution in [0.25, 0.3) is 0 Å². The summed E-state index contributed by atoms with van der Waals surface area (Å²) in [5.41, 5.74) is 0.0774. The molecule has 3 fully saturated rings. The summed E-state index contributed by atoms with van der Waals surface area (Å²) in [7, 11) is 1.95. The third kappa shape index (κ3) is 3.66. The number of carbonyl (C=O) groups excluding carboxylic acids is 2. The van der Waals surface area contributed by atoms with Crippen LogP contribution in [0, 0.1) is 0 Å². The molecule has 0 unspecified atom stereocenters. The van der Waals surface area contributed by atoms with Crippen molar-refractivity contribution in [2.24, 2.45) is 0 Å². The number of nitrogens with one attached hydrogen (secondary N) is 1. The van der Waals surface area contributed by atoms with E-state index in [9.17, 15) is 14.7 Å². The molecular formula is C20H27N3O4. The van der Waals surface area contributed by atoms with Gasteiger partial charge in [-0.3, -0.25) is 14.5 Å². The Labute approximate surface area is 159 Å². The van der Waals surface area contributed by atoms with Gasteiger partial charge in [0.1, 0.15) is 17.4 Å². The van der Waals surface area contributed by atoms with Crippen LogP contribution in [0.15, 0.2) is 24.3 Å². The van der Waals surface area contributed by atoms with E-state index in [1.54, 1.807) is 23.1 Å². The molecule has 2 saturated heterocycles. The molecule has 1 atom stereocenters. The summed E-state index contributed by atoms with van der Waals surface area (Å²) in [6.45, 7) is 1.98. The second kappa shape index (κ2) is 7.13. The second-order valence-electron chi connectivity index (χ2n) is 8.13. The maximum absolute atomic E-state index is 12.6. The number of phenolic OH excluding ortho intramolecular Hbond substituents is 1. The lowest BCUT2D eigenvalue weighted by atomic mass is 9.90. The smallest absolute Gasteiger partial charge is 0.254 e. The zero-order chi connectivity index (χ0) is 19.0. The van der Waals surface area contributed by atoms with Crippen LogP contribution in [-0.2, 0) is 9.53 Å². The van der Waals surface area contributed by atoms with Gasteiger partial charge < -0.3 is 20.1 Å². The molecule has 2 amide bonds. The van der Waals surface area contributed by atoms with E-state index in [1.807, 2.05) is 11.9 Å². The molecule has 1 aromatic rings. The minimum Gasteiger partial charge on any atom is -0.508 e. The molecule has 7 nitrogen and oxygen atoms in total.